The van der Waals surface area contributed by atoms with Gasteiger partial charge in [-0.2, -0.15) is 0 Å². The Kier molecular flexibility index (Phi) is 2.44. The molecule has 0 amide bonds. The normalized spacial score (nSPS) is 10.8. The van der Waals surface area contributed by atoms with Crippen LogP contribution in [0.2, 0.25) is 0 Å². The van der Waals surface area contributed by atoms with E-state index in [1.807, 2.05) is 36.2 Å². The van der Waals surface area contributed by atoms with Gasteiger partial charge in [-0.15, -0.1) is 11.8 Å². The van der Waals surface area contributed by atoms with E-state index in [1.165, 1.54) is 11.8 Å². The van der Waals surface area contributed by atoms with Gasteiger partial charge in [0.05, 0.1) is 10.3 Å². The lowest BCUT2D eigenvalue weighted by molar-refractivity contribution is -0.645. The molecule has 1 aromatic carbocycles. The molecule has 0 fully saturated rings. The van der Waals surface area contributed by atoms with E-state index in [-0.39, 0.29) is 11.5 Å². The maximum atomic E-state index is 9.82. The van der Waals surface area contributed by atoms with Gasteiger partial charge in [-0.05, 0) is 12.3 Å². The zero-order valence-corrected chi connectivity index (χ0v) is 9.38. The third kappa shape index (κ3) is 1.51. The maximum absolute atomic E-state index is 9.82. The minimum absolute atomic E-state index is 0.0406. The first-order chi connectivity index (χ1) is 7.15. The molecule has 0 atom stereocenters. The van der Waals surface area contributed by atoms with Crippen LogP contribution in [0.15, 0.2) is 29.3 Å². The largest absolute Gasteiger partial charge is 0.504 e. The number of pyridine rings is 1. The van der Waals surface area contributed by atoms with Gasteiger partial charge in [0, 0.05) is 12.1 Å². The molecule has 0 aliphatic rings. The van der Waals surface area contributed by atoms with Crippen LogP contribution in [0.3, 0.4) is 0 Å². The van der Waals surface area contributed by atoms with E-state index < -0.39 is 0 Å². The van der Waals surface area contributed by atoms with Gasteiger partial charge in [0.1, 0.15) is 7.05 Å². The Labute approximate surface area is 92.0 Å². The number of thioether (sulfide) groups is 1. The van der Waals surface area contributed by atoms with Crippen molar-refractivity contribution >= 4 is 22.7 Å². The number of aryl methyl sites for hydroxylation is 1. The van der Waals surface area contributed by atoms with E-state index in [9.17, 15) is 10.2 Å². The van der Waals surface area contributed by atoms with Crippen LogP contribution in [0.1, 0.15) is 0 Å². The van der Waals surface area contributed by atoms with Crippen LogP contribution in [0.25, 0.3) is 10.9 Å². The molecule has 0 aliphatic heterocycles. The highest BCUT2D eigenvalue weighted by atomic mass is 32.2. The number of aromatic hydroxyl groups is 2. The summed E-state index contributed by atoms with van der Waals surface area (Å²) < 4.78 is 1.91. The molecule has 4 heteroatoms. The Morgan fingerprint density at radius 1 is 1.27 bits per heavy atom. The van der Waals surface area contributed by atoms with Crippen molar-refractivity contribution in [3.8, 4) is 11.5 Å². The van der Waals surface area contributed by atoms with Gasteiger partial charge in [-0.3, -0.25) is 0 Å². The van der Waals surface area contributed by atoms with Gasteiger partial charge in [0.25, 0.3) is 0 Å². The molecule has 0 saturated carbocycles. The Morgan fingerprint density at radius 2 is 2.00 bits per heavy atom. The smallest absolute Gasteiger partial charge is 0.217 e. The summed E-state index contributed by atoms with van der Waals surface area (Å²) in [7, 11) is 1.91. The molecule has 0 radical (unpaired) electrons. The summed E-state index contributed by atoms with van der Waals surface area (Å²) in [5, 5.41) is 20.2. The lowest BCUT2D eigenvalue weighted by Crippen LogP contribution is -2.27. The second-order valence-electron chi connectivity index (χ2n) is 3.33. The minimum Gasteiger partial charge on any atom is -0.504 e. The van der Waals surface area contributed by atoms with Gasteiger partial charge in [0.15, 0.2) is 17.7 Å². The Morgan fingerprint density at radius 3 is 2.67 bits per heavy atom. The van der Waals surface area contributed by atoms with Gasteiger partial charge in [-0.25, -0.2) is 4.57 Å². The molecule has 0 saturated heterocycles. The van der Waals surface area contributed by atoms with E-state index in [2.05, 4.69) is 0 Å². The number of hydrogen-bond donors (Lipinski definition) is 2. The summed E-state index contributed by atoms with van der Waals surface area (Å²) in [6, 6.07) is 5.49. The van der Waals surface area contributed by atoms with E-state index in [0.29, 0.717) is 10.3 Å². The average molecular weight is 222 g/mol. The zero-order chi connectivity index (χ0) is 11.0. The van der Waals surface area contributed by atoms with Crippen LogP contribution >= 0.6 is 11.8 Å². The number of phenols is 2. The van der Waals surface area contributed by atoms with Crippen LogP contribution < -0.4 is 4.57 Å². The lowest BCUT2D eigenvalue weighted by Gasteiger charge is -2.05. The van der Waals surface area contributed by atoms with Crippen molar-refractivity contribution in [3.05, 3.63) is 24.4 Å². The Hall–Kier alpha value is -1.42. The van der Waals surface area contributed by atoms with Crippen LogP contribution in [0.4, 0.5) is 0 Å². The number of fused-ring (bicyclic) bond motifs is 1. The Bertz CT molecular complexity index is 525. The van der Waals surface area contributed by atoms with Gasteiger partial charge in [0.2, 0.25) is 5.52 Å². The molecule has 2 aromatic rings. The fourth-order valence-corrected chi connectivity index (χ4v) is 2.12. The molecule has 2 rings (SSSR count). The summed E-state index contributed by atoms with van der Waals surface area (Å²) >= 11 is 1.41. The van der Waals surface area contributed by atoms with Crippen molar-refractivity contribution in [2.45, 2.75) is 4.90 Å². The molecule has 15 heavy (non-hydrogen) atoms. The zero-order valence-electron chi connectivity index (χ0n) is 8.56. The lowest BCUT2D eigenvalue weighted by atomic mass is 10.2. The quantitative estimate of drug-likeness (QED) is 0.439. The summed E-state index contributed by atoms with van der Waals surface area (Å²) in [5.74, 6) is -0.0887. The molecule has 2 N–H and O–H groups in total. The highest BCUT2D eigenvalue weighted by Gasteiger charge is 2.16. The van der Waals surface area contributed by atoms with Crippen LogP contribution in [-0.2, 0) is 7.05 Å². The van der Waals surface area contributed by atoms with Crippen molar-refractivity contribution in [3.63, 3.8) is 0 Å². The first-order valence-corrected chi connectivity index (χ1v) is 5.75. The number of rotatable bonds is 1. The molecule has 3 nitrogen and oxygen atoms in total. The van der Waals surface area contributed by atoms with Crippen LogP contribution in [-0.4, -0.2) is 16.5 Å². The van der Waals surface area contributed by atoms with E-state index in [1.54, 1.807) is 6.07 Å². The van der Waals surface area contributed by atoms with Crippen molar-refractivity contribution in [2.24, 2.45) is 7.05 Å². The fourth-order valence-electron chi connectivity index (χ4n) is 1.60. The number of nitrogens with zero attached hydrogens (tertiary/aromatic N) is 1. The summed E-state index contributed by atoms with van der Waals surface area (Å²) in [6.45, 7) is 0. The summed E-state index contributed by atoms with van der Waals surface area (Å²) in [5.41, 5.74) is 0.900. The third-order valence-electron chi connectivity index (χ3n) is 2.43. The topological polar surface area (TPSA) is 44.3 Å². The molecule has 0 bridgehead atoms. The first-order valence-electron chi connectivity index (χ1n) is 4.52. The van der Waals surface area contributed by atoms with Gasteiger partial charge >= 0.3 is 0 Å². The monoisotopic (exact) mass is 222 g/mol. The summed E-state index contributed by atoms with van der Waals surface area (Å²) in [4.78, 5) is 0.682. The molecule has 0 aliphatic carbocycles. The fraction of sp³-hybridized carbons (Fsp3) is 0.182. The van der Waals surface area contributed by atoms with Gasteiger partial charge < -0.3 is 10.2 Å². The SMILES string of the molecule is CSc1cc2c(ccc[n+]2C)c(O)c1O. The van der Waals surface area contributed by atoms with Crippen LogP contribution in [0.5, 0.6) is 11.5 Å². The molecular weight excluding hydrogens is 210 g/mol. The number of hydrogen-bond acceptors (Lipinski definition) is 3. The van der Waals surface area contributed by atoms with E-state index >= 15 is 0 Å². The van der Waals surface area contributed by atoms with E-state index in [0.717, 1.165) is 5.52 Å². The standard InChI is InChI=1S/C11H11NO2S/c1-12-5-3-4-7-8(12)6-9(15-2)11(14)10(7)13/h3-6,14H,1-2H3/p+1. The molecular formula is C11H12NO2S+. The molecule has 1 aromatic heterocycles. The predicted molar refractivity (Wildman–Crippen MR) is 60.2 cm³/mol. The van der Waals surface area contributed by atoms with Crippen molar-refractivity contribution in [1.29, 1.82) is 0 Å². The molecule has 0 unspecified atom stereocenters. The van der Waals surface area contributed by atoms with Crippen molar-refractivity contribution < 1.29 is 14.8 Å². The number of phenolic OH excluding ortho intramolecular Hbond substituents is 2. The molecule has 78 valence electrons. The van der Waals surface area contributed by atoms with Gasteiger partial charge in [-0.1, -0.05) is 0 Å². The van der Waals surface area contributed by atoms with Crippen molar-refractivity contribution in [1.82, 2.24) is 0 Å². The highest BCUT2D eigenvalue weighted by molar-refractivity contribution is 7.98. The van der Waals surface area contributed by atoms with Crippen LogP contribution in [0, 0.1) is 0 Å². The Balaban J connectivity index is 2.91. The van der Waals surface area contributed by atoms with Crippen molar-refractivity contribution in [2.75, 3.05) is 6.26 Å². The summed E-state index contributed by atoms with van der Waals surface area (Å²) in [6.07, 6.45) is 3.77. The molecule has 1 heterocycles. The first kappa shape index (κ1) is 10.1. The molecule has 0 spiro atoms. The highest BCUT2D eigenvalue weighted by Crippen LogP contribution is 2.39. The maximum Gasteiger partial charge on any atom is 0.217 e. The number of benzene rings is 1. The second kappa shape index (κ2) is 3.62. The second-order valence-corrected chi connectivity index (χ2v) is 4.18. The average Bonchev–Trinajstić information content (AvgIpc) is 2.24. The third-order valence-corrected chi connectivity index (χ3v) is 3.18. The minimum atomic E-state index is -0.0481. The predicted octanol–water partition coefficient (Wildman–Crippen LogP) is 1.80. The van der Waals surface area contributed by atoms with E-state index in [4.69, 9.17) is 0 Å². The number of aromatic nitrogens is 1.